The molecule has 0 bridgehead atoms. The number of nitrogens with one attached hydrogen (secondary N) is 2. The van der Waals surface area contributed by atoms with Crippen molar-refractivity contribution >= 4 is 49.7 Å². The van der Waals surface area contributed by atoms with Crippen molar-refractivity contribution in [3.05, 3.63) is 56.5 Å². The monoisotopic (exact) mass is 439 g/mol. The number of nitrogens with zero attached hydrogens (tertiary/aromatic N) is 1. The number of hydrogen-bond donors (Lipinski definition) is 3. The summed E-state index contributed by atoms with van der Waals surface area (Å²) in [5.74, 6) is -0.178. The van der Waals surface area contributed by atoms with Crippen molar-refractivity contribution in [2.24, 2.45) is 5.10 Å². The number of amides is 1. The summed E-state index contributed by atoms with van der Waals surface area (Å²) in [6, 6.07) is 10.5. The van der Waals surface area contributed by atoms with E-state index in [0.717, 1.165) is 20.2 Å². The number of rotatable bonds is 5. The minimum atomic E-state index is -0.288. The maximum absolute atomic E-state index is 11.8. The predicted molar refractivity (Wildman–Crippen MR) is 98.9 cm³/mol. The molecule has 0 aliphatic heterocycles. The molecule has 0 atom stereocenters. The summed E-state index contributed by atoms with van der Waals surface area (Å²) < 4.78 is 1.90. The van der Waals surface area contributed by atoms with Crippen molar-refractivity contribution in [3.8, 4) is 5.75 Å². The van der Waals surface area contributed by atoms with Gasteiger partial charge in [0.1, 0.15) is 5.75 Å². The van der Waals surface area contributed by atoms with Gasteiger partial charge in [-0.3, -0.25) is 4.79 Å². The number of anilines is 1. The number of halogens is 2. The standard InChI is InChI=1S/C16H15Br2N3O2/c1-10-13(17)6-12(7-14(10)18)19-9-16(23)21-20-8-11-4-2-3-5-15(11)22/h2-8,19,22H,9H2,1H3,(H,21,23)/b20-8-. The highest BCUT2D eigenvalue weighted by molar-refractivity contribution is 9.11. The van der Waals surface area contributed by atoms with Gasteiger partial charge in [0.15, 0.2) is 0 Å². The second-order valence-corrected chi connectivity index (χ2v) is 6.48. The molecule has 0 aliphatic carbocycles. The van der Waals surface area contributed by atoms with Crippen LogP contribution in [-0.4, -0.2) is 23.8 Å². The number of phenols is 1. The van der Waals surface area contributed by atoms with Crippen LogP contribution in [0.15, 0.2) is 50.4 Å². The third-order valence-electron chi connectivity index (χ3n) is 3.06. The molecular weight excluding hydrogens is 426 g/mol. The molecule has 2 rings (SSSR count). The first-order valence-electron chi connectivity index (χ1n) is 6.77. The highest BCUT2D eigenvalue weighted by Gasteiger charge is 2.05. The van der Waals surface area contributed by atoms with Gasteiger partial charge >= 0.3 is 0 Å². The molecule has 3 N–H and O–H groups in total. The van der Waals surface area contributed by atoms with Gasteiger partial charge in [0.2, 0.25) is 0 Å². The molecule has 0 aliphatic rings. The molecule has 0 saturated carbocycles. The Kier molecular flexibility index (Phi) is 6.18. The zero-order valence-electron chi connectivity index (χ0n) is 12.3. The fourth-order valence-corrected chi connectivity index (χ4v) is 2.93. The van der Waals surface area contributed by atoms with Crippen LogP contribution in [-0.2, 0) is 4.79 Å². The fraction of sp³-hybridized carbons (Fsp3) is 0.125. The Morgan fingerprint density at radius 3 is 2.57 bits per heavy atom. The second kappa shape index (κ2) is 8.12. The maximum Gasteiger partial charge on any atom is 0.259 e. The van der Waals surface area contributed by atoms with E-state index in [0.29, 0.717) is 5.56 Å². The first-order valence-corrected chi connectivity index (χ1v) is 8.35. The fourth-order valence-electron chi connectivity index (χ4n) is 1.74. The number of hydrazone groups is 1. The second-order valence-electron chi connectivity index (χ2n) is 4.77. The number of benzene rings is 2. The third kappa shape index (κ3) is 5.07. The van der Waals surface area contributed by atoms with Crippen LogP contribution < -0.4 is 10.7 Å². The van der Waals surface area contributed by atoms with Crippen molar-refractivity contribution in [1.29, 1.82) is 0 Å². The molecule has 0 saturated heterocycles. The highest BCUT2D eigenvalue weighted by atomic mass is 79.9. The van der Waals surface area contributed by atoms with Gasteiger partial charge in [-0.25, -0.2) is 5.43 Å². The molecule has 1 amide bonds. The van der Waals surface area contributed by atoms with Gasteiger partial charge in [-0.15, -0.1) is 0 Å². The summed E-state index contributed by atoms with van der Waals surface area (Å²) in [5.41, 5.74) is 4.84. The number of aromatic hydroxyl groups is 1. The Morgan fingerprint density at radius 1 is 1.26 bits per heavy atom. The Balaban J connectivity index is 1.87. The molecule has 0 heterocycles. The van der Waals surface area contributed by atoms with Crippen molar-refractivity contribution in [2.45, 2.75) is 6.92 Å². The predicted octanol–water partition coefficient (Wildman–Crippen LogP) is 3.79. The van der Waals surface area contributed by atoms with Crippen LogP contribution in [0.2, 0.25) is 0 Å². The summed E-state index contributed by atoms with van der Waals surface area (Å²) in [6.07, 6.45) is 1.40. The van der Waals surface area contributed by atoms with Crippen LogP contribution in [0.25, 0.3) is 0 Å². The lowest BCUT2D eigenvalue weighted by molar-refractivity contribution is -0.119. The van der Waals surface area contributed by atoms with Crippen LogP contribution in [0.4, 0.5) is 5.69 Å². The molecule has 2 aromatic carbocycles. The van der Waals surface area contributed by atoms with Crippen molar-refractivity contribution in [1.82, 2.24) is 5.43 Å². The van der Waals surface area contributed by atoms with Gasteiger partial charge < -0.3 is 10.4 Å². The molecule has 0 unspecified atom stereocenters. The van der Waals surface area contributed by atoms with Crippen molar-refractivity contribution < 1.29 is 9.90 Å². The van der Waals surface area contributed by atoms with E-state index in [1.54, 1.807) is 24.3 Å². The zero-order valence-corrected chi connectivity index (χ0v) is 15.5. The lowest BCUT2D eigenvalue weighted by Gasteiger charge is -2.09. The van der Waals surface area contributed by atoms with Gasteiger partial charge in [0, 0.05) is 20.2 Å². The lowest BCUT2D eigenvalue weighted by atomic mass is 10.2. The Hall–Kier alpha value is -1.86. The summed E-state index contributed by atoms with van der Waals surface area (Å²) >= 11 is 6.92. The minimum absolute atomic E-state index is 0.0834. The van der Waals surface area contributed by atoms with E-state index in [1.165, 1.54) is 6.21 Å². The molecular formula is C16H15Br2N3O2. The van der Waals surface area contributed by atoms with Crippen LogP contribution in [0.1, 0.15) is 11.1 Å². The van der Waals surface area contributed by atoms with E-state index in [9.17, 15) is 9.90 Å². The number of carbonyl (C=O) groups is 1. The summed E-state index contributed by atoms with van der Waals surface area (Å²) in [6.45, 7) is 2.07. The Bertz CT molecular complexity index is 725. The Morgan fingerprint density at radius 2 is 1.91 bits per heavy atom. The van der Waals surface area contributed by atoms with Crippen molar-refractivity contribution in [2.75, 3.05) is 11.9 Å². The van der Waals surface area contributed by atoms with Gasteiger partial charge in [-0.05, 0) is 36.8 Å². The SMILES string of the molecule is Cc1c(Br)cc(NCC(=O)N/N=C\c2ccccc2O)cc1Br. The van der Waals surface area contributed by atoms with E-state index < -0.39 is 0 Å². The number of phenolic OH excluding ortho intramolecular Hbond substituents is 1. The van der Waals surface area contributed by atoms with Crippen LogP contribution in [0.3, 0.4) is 0 Å². The maximum atomic E-state index is 11.8. The zero-order chi connectivity index (χ0) is 16.8. The van der Waals surface area contributed by atoms with Crippen LogP contribution in [0.5, 0.6) is 5.75 Å². The quantitative estimate of drug-likeness (QED) is 0.489. The molecule has 7 heteroatoms. The average Bonchev–Trinajstić information content (AvgIpc) is 2.52. The van der Waals surface area contributed by atoms with Gasteiger partial charge in [0.25, 0.3) is 5.91 Å². The van der Waals surface area contributed by atoms with E-state index in [1.807, 2.05) is 19.1 Å². The normalized spacial score (nSPS) is 10.7. The topological polar surface area (TPSA) is 73.7 Å². The molecule has 0 fully saturated rings. The summed E-state index contributed by atoms with van der Waals surface area (Å²) in [4.78, 5) is 11.8. The average molecular weight is 441 g/mol. The molecule has 2 aromatic rings. The molecule has 0 spiro atoms. The molecule has 5 nitrogen and oxygen atoms in total. The van der Waals surface area contributed by atoms with E-state index in [4.69, 9.17) is 0 Å². The third-order valence-corrected chi connectivity index (χ3v) is 4.71. The van der Waals surface area contributed by atoms with E-state index >= 15 is 0 Å². The van der Waals surface area contributed by atoms with Crippen LogP contribution in [0, 0.1) is 6.92 Å². The minimum Gasteiger partial charge on any atom is -0.507 e. The molecule has 0 aromatic heterocycles. The molecule has 0 radical (unpaired) electrons. The number of para-hydroxylation sites is 1. The number of carbonyl (C=O) groups excluding carboxylic acids is 1. The molecule has 23 heavy (non-hydrogen) atoms. The highest BCUT2D eigenvalue weighted by Crippen LogP contribution is 2.28. The largest absolute Gasteiger partial charge is 0.507 e. The first-order chi connectivity index (χ1) is 11.0. The summed E-state index contributed by atoms with van der Waals surface area (Å²) in [5, 5.41) is 16.4. The number of hydrogen-bond acceptors (Lipinski definition) is 4. The van der Waals surface area contributed by atoms with E-state index in [-0.39, 0.29) is 18.2 Å². The first kappa shape index (κ1) is 17.5. The smallest absolute Gasteiger partial charge is 0.259 e. The van der Waals surface area contributed by atoms with Crippen molar-refractivity contribution in [3.63, 3.8) is 0 Å². The van der Waals surface area contributed by atoms with Gasteiger partial charge in [0.05, 0.1) is 12.8 Å². The molecule has 120 valence electrons. The van der Waals surface area contributed by atoms with Crippen LogP contribution >= 0.6 is 31.9 Å². The Labute approximate surface area is 151 Å². The summed E-state index contributed by atoms with van der Waals surface area (Å²) in [7, 11) is 0. The van der Waals surface area contributed by atoms with Gasteiger partial charge in [-0.2, -0.15) is 5.10 Å². The van der Waals surface area contributed by atoms with Gasteiger partial charge in [-0.1, -0.05) is 44.0 Å². The lowest BCUT2D eigenvalue weighted by Crippen LogP contribution is -2.25. The van der Waals surface area contributed by atoms with E-state index in [2.05, 4.69) is 47.7 Å².